The zero-order chi connectivity index (χ0) is 15.2. The van der Waals surface area contributed by atoms with E-state index in [2.05, 4.69) is 4.72 Å². The molecule has 0 atom stereocenters. The third-order valence-corrected chi connectivity index (χ3v) is 3.99. The van der Waals surface area contributed by atoms with Crippen LogP contribution < -0.4 is 9.46 Å². The lowest BCUT2D eigenvalue weighted by Gasteiger charge is -2.09. The third-order valence-electron chi connectivity index (χ3n) is 2.51. The van der Waals surface area contributed by atoms with Gasteiger partial charge < -0.3 is 9.84 Å². The van der Waals surface area contributed by atoms with E-state index in [0.717, 1.165) is 6.42 Å². The highest BCUT2D eigenvalue weighted by Gasteiger charge is 2.13. The summed E-state index contributed by atoms with van der Waals surface area (Å²) in [6, 6.07) is 5.63. The predicted molar refractivity (Wildman–Crippen MR) is 74.2 cm³/mol. The van der Waals surface area contributed by atoms with Crippen molar-refractivity contribution in [1.82, 2.24) is 4.72 Å². The number of ether oxygens (including phenoxy) is 1. The van der Waals surface area contributed by atoms with Gasteiger partial charge in [0.05, 0.1) is 4.90 Å². The molecule has 0 fully saturated rings. The summed E-state index contributed by atoms with van der Waals surface area (Å²) >= 11 is 0. The second-order valence-corrected chi connectivity index (χ2v) is 6.50. The van der Waals surface area contributed by atoms with E-state index in [0.29, 0.717) is 18.2 Å². The van der Waals surface area contributed by atoms with Crippen molar-refractivity contribution in [1.29, 1.82) is 0 Å². The molecule has 0 saturated heterocycles. The minimum Gasteiger partial charge on any atom is -0.482 e. The first-order chi connectivity index (χ1) is 9.31. The first-order valence-corrected chi connectivity index (χ1v) is 7.74. The van der Waals surface area contributed by atoms with E-state index in [1.165, 1.54) is 24.3 Å². The van der Waals surface area contributed by atoms with E-state index in [1.54, 1.807) is 0 Å². The maximum Gasteiger partial charge on any atom is 0.341 e. The molecule has 0 saturated carbocycles. The number of benzene rings is 1. The molecule has 0 aliphatic rings. The number of sulfonamides is 1. The Morgan fingerprint density at radius 1 is 1.30 bits per heavy atom. The summed E-state index contributed by atoms with van der Waals surface area (Å²) in [5.74, 6) is -0.352. The summed E-state index contributed by atoms with van der Waals surface area (Å²) in [4.78, 5) is 10.5. The van der Waals surface area contributed by atoms with Crippen molar-refractivity contribution in [2.45, 2.75) is 25.2 Å². The SMILES string of the molecule is CC(C)CCNS(=O)(=O)c1ccc(OCC(=O)O)cc1. The Kier molecular flexibility index (Phi) is 5.97. The Labute approximate surface area is 118 Å². The van der Waals surface area contributed by atoms with Crippen molar-refractivity contribution in [2.75, 3.05) is 13.2 Å². The number of hydrogen-bond donors (Lipinski definition) is 2. The predicted octanol–water partition coefficient (Wildman–Crippen LogP) is 1.47. The molecular weight excluding hydrogens is 282 g/mol. The molecule has 7 heteroatoms. The molecule has 112 valence electrons. The summed E-state index contributed by atoms with van der Waals surface area (Å²) in [6.45, 7) is 3.96. The van der Waals surface area contributed by atoms with Crippen LogP contribution in [0.1, 0.15) is 20.3 Å². The average Bonchev–Trinajstić information content (AvgIpc) is 2.36. The number of hydrogen-bond acceptors (Lipinski definition) is 4. The Morgan fingerprint density at radius 3 is 2.40 bits per heavy atom. The van der Waals surface area contributed by atoms with Gasteiger partial charge in [-0.25, -0.2) is 17.9 Å². The van der Waals surface area contributed by atoms with Crippen molar-refractivity contribution >= 4 is 16.0 Å². The summed E-state index contributed by atoms with van der Waals surface area (Å²) in [7, 11) is -3.53. The fraction of sp³-hybridized carbons (Fsp3) is 0.462. The Hall–Kier alpha value is -1.60. The van der Waals surface area contributed by atoms with Gasteiger partial charge in [-0.2, -0.15) is 0 Å². The summed E-state index contributed by atoms with van der Waals surface area (Å²) < 4.78 is 31.3. The molecule has 0 bridgehead atoms. The van der Waals surface area contributed by atoms with Gasteiger partial charge in [0.2, 0.25) is 10.0 Å². The van der Waals surface area contributed by atoms with Crippen molar-refractivity contribution in [2.24, 2.45) is 5.92 Å². The van der Waals surface area contributed by atoms with Crippen LogP contribution in [0.25, 0.3) is 0 Å². The van der Waals surface area contributed by atoms with Crippen LogP contribution >= 0.6 is 0 Å². The number of carboxylic acids is 1. The molecule has 0 spiro atoms. The van der Waals surface area contributed by atoms with E-state index in [1.807, 2.05) is 13.8 Å². The Bertz CT molecular complexity index is 536. The van der Waals surface area contributed by atoms with Crippen LogP contribution in [0.4, 0.5) is 0 Å². The van der Waals surface area contributed by atoms with E-state index >= 15 is 0 Å². The average molecular weight is 301 g/mol. The molecule has 0 unspecified atom stereocenters. The van der Waals surface area contributed by atoms with E-state index in [4.69, 9.17) is 9.84 Å². The maximum atomic E-state index is 11.9. The second kappa shape index (κ2) is 7.25. The van der Waals surface area contributed by atoms with Gasteiger partial charge in [-0.15, -0.1) is 0 Å². The lowest BCUT2D eigenvalue weighted by molar-refractivity contribution is -0.139. The molecule has 0 aromatic heterocycles. The monoisotopic (exact) mass is 301 g/mol. The fourth-order valence-corrected chi connectivity index (χ4v) is 2.47. The molecule has 1 rings (SSSR count). The molecule has 0 amide bonds. The molecule has 0 aliphatic heterocycles. The molecule has 0 heterocycles. The fourth-order valence-electron chi connectivity index (χ4n) is 1.43. The molecule has 0 aliphatic carbocycles. The van der Waals surface area contributed by atoms with Crippen molar-refractivity contribution in [3.05, 3.63) is 24.3 Å². The van der Waals surface area contributed by atoms with Crippen LogP contribution in [-0.4, -0.2) is 32.6 Å². The van der Waals surface area contributed by atoms with Gasteiger partial charge in [0, 0.05) is 6.54 Å². The minimum absolute atomic E-state index is 0.129. The molecule has 6 nitrogen and oxygen atoms in total. The maximum absolute atomic E-state index is 11.9. The molecule has 1 aromatic rings. The number of carboxylic acid groups (broad SMARTS) is 1. The van der Waals surface area contributed by atoms with Crippen LogP contribution in [0.3, 0.4) is 0 Å². The van der Waals surface area contributed by atoms with Gasteiger partial charge in [0.1, 0.15) is 5.75 Å². The molecule has 2 N–H and O–H groups in total. The number of aliphatic carboxylic acids is 1. The molecular formula is C13H19NO5S. The quantitative estimate of drug-likeness (QED) is 0.758. The van der Waals surface area contributed by atoms with Crippen molar-refractivity contribution in [3.8, 4) is 5.75 Å². The topological polar surface area (TPSA) is 92.7 Å². The molecule has 1 aromatic carbocycles. The van der Waals surface area contributed by atoms with Crippen LogP contribution in [0.2, 0.25) is 0 Å². The van der Waals surface area contributed by atoms with E-state index < -0.39 is 22.6 Å². The van der Waals surface area contributed by atoms with Crippen molar-refractivity contribution in [3.63, 3.8) is 0 Å². The third kappa shape index (κ3) is 5.58. The largest absolute Gasteiger partial charge is 0.482 e. The lowest BCUT2D eigenvalue weighted by Crippen LogP contribution is -2.25. The second-order valence-electron chi connectivity index (χ2n) is 4.73. The van der Waals surface area contributed by atoms with Gasteiger partial charge >= 0.3 is 5.97 Å². The van der Waals surface area contributed by atoms with Crippen LogP contribution in [0.15, 0.2) is 29.2 Å². The lowest BCUT2D eigenvalue weighted by atomic mass is 10.1. The smallest absolute Gasteiger partial charge is 0.341 e. The first-order valence-electron chi connectivity index (χ1n) is 6.25. The highest BCUT2D eigenvalue weighted by Crippen LogP contribution is 2.16. The zero-order valence-electron chi connectivity index (χ0n) is 11.5. The van der Waals surface area contributed by atoms with Gasteiger partial charge in [-0.3, -0.25) is 0 Å². The Balaban J connectivity index is 2.64. The number of carbonyl (C=O) groups is 1. The normalized spacial score (nSPS) is 11.6. The van der Waals surface area contributed by atoms with Crippen LogP contribution in [0, 0.1) is 5.92 Å². The van der Waals surface area contributed by atoms with Gasteiger partial charge in [0.15, 0.2) is 6.61 Å². The minimum atomic E-state index is -3.53. The van der Waals surface area contributed by atoms with Gasteiger partial charge in [-0.1, -0.05) is 13.8 Å². The number of rotatable bonds is 8. The summed E-state index contributed by atoms with van der Waals surface area (Å²) in [5, 5.41) is 8.47. The number of nitrogens with one attached hydrogen (secondary N) is 1. The summed E-state index contributed by atoms with van der Waals surface area (Å²) in [6.07, 6.45) is 0.763. The molecule has 20 heavy (non-hydrogen) atoms. The highest BCUT2D eigenvalue weighted by molar-refractivity contribution is 7.89. The molecule has 0 radical (unpaired) electrons. The van der Waals surface area contributed by atoms with Crippen LogP contribution in [-0.2, 0) is 14.8 Å². The Morgan fingerprint density at radius 2 is 1.90 bits per heavy atom. The summed E-state index contributed by atoms with van der Waals surface area (Å²) in [5.41, 5.74) is 0. The van der Waals surface area contributed by atoms with Crippen LogP contribution in [0.5, 0.6) is 5.75 Å². The van der Waals surface area contributed by atoms with Crippen molar-refractivity contribution < 1.29 is 23.1 Å². The zero-order valence-corrected chi connectivity index (χ0v) is 12.3. The van der Waals surface area contributed by atoms with E-state index in [9.17, 15) is 13.2 Å². The van der Waals surface area contributed by atoms with Gasteiger partial charge in [-0.05, 0) is 36.6 Å². The highest BCUT2D eigenvalue weighted by atomic mass is 32.2. The van der Waals surface area contributed by atoms with Gasteiger partial charge in [0.25, 0.3) is 0 Å². The standard InChI is InChI=1S/C13H19NO5S/c1-10(2)7-8-14-20(17,18)12-5-3-11(4-6-12)19-9-13(15)16/h3-6,10,14H,7-9H2,1-2H3,(H,15,16). The van der Waals surface area contributed by atoms with E-state index in [-0.39, 0.29) is 4.90 Å². The first kappa shape index (κ1) is 16.5.